The van der Waals surface area contributed by atoms with Gasteiger partial charge in [-0.05, 0) is 35.7 Å². The number of nitro groups is 1. The number of amides is 1. The van der Waals surface area contributed by atoms with E-state index >= 15 is 0 Å². The molecule has 0 aliphatic carbocycles. The second-order valence-corrected chi connectivity index (χ2v) is 7.92. The van der Waals surface area contributed by atoms with Crippen molar-refractivity contribution in [1.82, 2.24) is 9.80 Å². The van der Waals surface area contributed by atoms with Crippen LogP contribution in [0.5, 0.6) is 5.75 Å². The van der Waals surface area contributed by atoms with Crippen LogP contribution in [0.25, 0.3) is 0 Å². The molecule has 2 aromatic rings. The molecule has 0 bridgehead atoms. The van der Waals surface area contributed by atoms with E-state index in [1.807, 2.05) is 0 Å². The number of piperazine rings is 1. The van der Waals surface area contributed by atoms with Gasteiger partial charge in [0, 0.05) is 45.2 Å². The van der Waals surface area contributed by atoms with Crippen molar-refractivity contribution in [2.45, 2.75) is 19.9 Å². The number of hydrogen-bond acceptors (Lipinski definition) is 6. The summed E-state index contributed by atoms with van der Waals surface area (Å²) in [5.41, 5.74) is 3.53. The molecule has 158 valence electrons. The fraction of sp³-hybridized carbons (Fsp3) is 0.409. The molecule has 2 aliphatic rings. The number of aryl methyl sites for hydroxylation is 1. The minimum absolute atomic E-state index is 0.0760. The van der Waals surface area contributed by atoms with Crippen LogP contribution in [0.3, 0.4) is 0 Å². The highest BCUT2D eigenvalue weighted by Gasteiger charge is 2.22. The molecule has 0 atom stereocenters. The lowest BCUT2D eigenvalue weighted by molar-refractivity contribution is -0.384. The van der Waals surface area contributed by atoms with Crippen molar-refractivity contribution >= 4 is 17.3 Å². The number of carbonyl (C=O) groups excluding carboxylic acids is 1. The highest BCUT2D eigenvalue weighted by atomic mass is 16.6. The predicted molar refractivity (Wildman–Crippen MR) is 114 cm³/mol. The summed E-state index contributed by atoms with van der Waals surface area (Å²) < 4.78 is 5.57. The summed E-state index contributed by atoms with van der Waals surface area (Å²) in [5, 5.41) is 13.9. The second-order valence-electron chi connectivity index (χ2n) is 7.92. The molecule has 0 unspecified atom stereocenters. The molecule has 4 rings (SSSR count). The Morgan fingerprint density at radius 3 is 2.67 bits per heavy atom. The number of nitrogens with one attached hydrogen (secondary N) is 1. The average molecular weight is 410 g/mol. The van der Waals surface area contributed by atoms with Crippen LogP contribution in [-0.4, -0.2) is 60.0 Å². The van der Waals surface area contributed by atoms with Crippen molar-refractivity contribution in [3.8, 4) is 5.75 Å². The third kappa shape index (κ3) is 4.77. The molecule has 8 nitrogen and oxygen atoms in total. The SMILES string of the molecule is Cc1ccc(NC(=O)CN2CCN(Cc3ccc4c(c3)CCO4)CC2)c([N+](=O)[O-])c1. The van der Waals surface area contributed by atoms with Gasteiger partial charge in [-0.1, -0.05) is 18.2 Å². The predicted octanol–water partition coefficient (Wildman–Crippen LogP) is 2.59. The second kappa shape index (κ2) is 8.81. The molecule has 0 radical (unpaired) electrons. The van der Waals surface area contributed by atoms with Gasteiger partial charge >= 0.3 is 0 Å². The van der Waals surface area contributed by atoms with E-state index in [1.165, 1.54) is 17.2 Å². The Kier molecular flexibility index (Phi) is 5.96. The summed E-state index contributed by atoms with van der Waals surface area (Å²) >= 11 is 0. The van der Waals surface area contributed by atoms with Gasteiger partial charge < -0.3 is 10.1 Å². The van der Waals surface area contributed by atoms with Gasteiger partial charge in [0.05, 0.1) is 18.1 Å². The van der Waals surface area contributed by atoms with Crippen molar-refractivity contribution in [2.24, 2.45) is 0 Å². The summed E-state index contributed by atoms with van der Waals surface area (Å²) in [6.07, 6.45) is 0.977. The molecule has 2 aromatic carbocycles. The van der Waals surface area contributed by atoms with E-state index < -0.39 is 4.92 Å². The Balaban J connectivity index is 1.27. The summed E-state index contributed by atoms with van der Waals surface area (Å²) in [5.74, 6) is 0.775. The molecule has 30 heavy (non-hydrogen) atoms. The smallest absolute Gasteiger partial charge is 0.293 e. The first-order valence-electron chi connectivity index (χ1n) is 10.2. The van der Waals surface area contributed by atoms with Crippen LogP contribution in [0.2, 0.25) is 0 Å². The topological polar surface area (TPSA) is 88.0 Å². The molecule has 0 aromatic heterocycles. The van der Waals surface area contributed by atoms with Crippen molar-refractivity contribution < 1.29 is 14.5 Å². The zero-order valence-corrected chi connectivity index (χ0v) is 17.1. The lowest BCUT2D eigenvalue weighted by Gasteiger charge is -2.34. The Hall–Kier alpha value is -2.97. The Morgan fingerprint density at radius 1 is 1.13 bits per heavy atom. The van der Waals surface area contributed by atoms with E-state index in [2.05, 4.69) is 33.3 Å². The van der Waals surface area contributed by atoms with Gasteiger partial charge in [0.2, 0.25) is 5.91 Å². The Bertz CT molecular complexity index is 954. The van der Waals surface area contributed by atoms with Crippen molar-refractivity contribution in [3.63, 3.8) is 0 Å². The van der Waals surface area contributed by atoms with E-state index in [-0.39, 0.29) is 23.8 Å². The zero-order chi connectivity index (χ0) is 21.1. The molecule has 2 heterocycles. The van der Waals surface area contributed by atoms with Gasteiger partial charge in [-0.25, -0.2) is 0 Å². The Morgan fingerprint density at radius 2 is 1.90 bits per heavy atom. The van der Waals surface area contributed by atoms with Crippen LogP contribution < -0.4 is 10.1 Å². The minimum atomic E-state index is -0.466. The van der Waals surface area contributed by atoms with E-state index in [9.17, 15) is 14.9 Å². The summed E-state index contributed by atoms with van der Waals surface area (Å²) in [4.78, 5) is 27.7. The van der Waals surface area contributed by atoms with Crippen LogP contribution in [0, 0.1) is 17.0 Å². The number of nitro benzene ring substituents is 1. The highest BCUT2D eigenvalue weighted by Crippen LogP contribution is 2.27. The molecule has 0 spiro atoms. The molecule has 8 heteroatoms. The maximum absolute atomic E-state index is 12.4. The van der Waals surface area contributed by atoms with Crippen LogP contribution >= 0.6 is 0 Å². The number of benzene rings is 2. The quantitative estimate of drug-likeness (QED) is 0.582. The molecule has 1 saturated heterocycles. The third-order valence-electron chi connectivity index (χ3n) is 5.62. The number of fused-ring (bicyclic) bond motifs is 1. The lowest BCUT2D eigenvalue weighted by Crippen LogP contribution is -2.48. The standard InChI is InChI=1S/C22H26N4O4/c1-16-2-4-19(20(12-16)26(28)29)23-22(27)15-25-9-7-24(8-10-25)14-17-3-5-21-18(13-17)6-11-30-21/h2-5,12-13H,6-11,14-15H2,1H3,(H,23,27). The minimum Gasteiger partial charge on any atom is -0.493 e. The number of nitrogens with zero attached hydrogens (tertiary/aromatic N) is 3. The van der Waals surface area contributed by atoms with Gasteiger partial charge in [0.1, 0.15) is 11.4 Å². The van der Waals surface area contributed by atoms with Gasteiger partial charge in [0.25, 0.3) is 5.69 Å². The van der Waals surface area contributed by atoms with Gasteiger partial charge in [-0.15, -0.1) is 0 Å². The fourth-order valence-electron chi connectivity index (χ4n) is 3.99. The third-order valence-corrected chi connectivity index (χ3v) is 5.62. The van der Waals surface area contributed by atoms with E-state index in [0.717, 1.165) is 57.1 Å². The summed E-state index contributed by atoms with van der Waals surface area (Å²) in [6.45, 7) is 7.02. The Labute approximate surface area is 175 Å². The van der Waals surface area contributed by atoms with Gasteiger partial charge in [-0.3, -0.25) is 24.7 Å². The van der Waals surface area contributed by atoms with Crippen LogP contribution in [0.15, 0.2) is 36.4 Å². The lowest BCUT2D eigenvalue weighted by atomic mass is 10.1. The van der Waals surface area contributed by atoms with E-state index in [0.29, 0.717) is 0 Å². The monoisotopic (exact) mass is 410 g/mol. The first kappa shape index (κ1) is 20.3. The van der Waals surface area contributed by atoms with E-state index in [4.69, 9.17) is 4.74 Å². The van der Waals surface area contributed by atoms with Crippen molar-refractivity contribution in [2.75, 3.05) is 44.6 Å². The summed E-state index contributed by atoms with van der Waals surface area (Å²) in [7, 11) is 0. The summed E-state index contributed by atoms with van der Waals surface area (Å²) in [6, 6.07) is 11.2. The molecular weight excluding hydrogens is 384 g/mol. The van der Waals surface area contributed by atoms with Crippen LogP contribution in [0.4, 0.5) is 11.4 Å². The zero-order valence-electron chi connectivity index (χ0n) is 17.1. The molecule has 2 aliphatic heterocycles. The van der Waals surface area contributed by atoms with Gasteiger partial charge in [0.15, 0.2) is 0 Å². The fourth-order valence-corrected chi connectivity index (χ4v) is 3.99. The number of ether oxygens (including phenoxy) is 1. The number of rotatable bonds is 6. The molecule has 1 amide bonds. The van der Waals surface area contributed by atoms with Crippen molar-refractivity contribution in [1.29, 1.82) is 0 Å². The normalized spacial score (nSPS) is 16.7. The largest absolute Gasteiger partial charge is 0.493 e. The number of anilines is 1. The maximum atomic E-state index is 12.4. The van der Waals surface area contributed by atoms with Crippen molar-refractivity contribution in [3.05, 3.63) is 63.2 Å². The molecule has 0 saturated carbocycles. The van der Waals surface area contributed by atoms with Gasteiger partial charge in [-0.2, -0.15) is 0 Å². The highest BCUT2D eigenvalue weighted by molar-refractivity contribution is 5.94. The molecule has 1 N–H and O–H groups in total. The van der Waals surface area contributed by atoms with Crippen LogP contribution in [0.1, 0.15) is 16.7 Å². The number of carbonyl (C=O) groups is 1. The van der Waals surface area contributed by atoms with E-state index in [1.54, 1.807) is 19.1 Å². The first-order valence-corrected chi connectivity index (χ1v) is 10.2. The molecular formula is C22H26N4O4. The maximum Gasteiger partial charge on any atom is 0.293 e. The molecule has 1 fully saturated rings. The first-order chi connectivity index (χ1) is 14.5. The number of hydrogen-bond donors (Lipinski definition) is 1. The average Bonchev–Trinajstić information content (AvgIpc) is 3.18. The van der Waals surface area contributed by atoms with Crippen LogP contribution in [-0.2, 0) is 17.8 Å².